The summed E-state index contributed by atoms with van der Waals surface area (Å²) < 4.78 is 36.0. The molecule has 0 amide bonds. The molecule has 7 atom stereocenters. The highest BCUT2D eigenvalue weighted by Crippen LogP contribution is 2.67. The van der Waals surface area contributed by atoms with Crippen molar-refractivity contribution < 1.29 is 27.1 Å². The summed E-state index contributed by atoms with van der Waals surface area (Å²) in [4.78, 5) is 12.2. The predicted octanol–water partition coefficient (Wildman–Crippen LogP) is 3.66. The summed E-state index contributed by atoms with van der Waals surface area (Å²) in [6, 6.07) is 0. The summed E-state index contributed by atoms with van der Waals surface area (Å²) >= 11 is 0. The first-order valence-electron chi connectivity index (χ1n) is 10.5. The molecule has 2 N–H and O–H groups in total. The monoisotopic (exact) mass is 412 g/mol. The first-order valence-corrected chi connectivity index (χ1v) is 11.9. The Labute approximate surface area is 167 Å². The van der Waals surface area contributed by atoms with Gasteiger partial charge in [0.25, 0.3) is 0 Å². The molecule has 3 saturated carbocycles. The van der Waals surface area contributed by atoms with Crippen LogP contribution < -0.4 is 0 Å². The maximum Gasteiger partial charge on any atom is 0.400 e. The van der Waals surface area contributed by atoms with Gasteiger partial charge in [-0.1, -0.05) is 19.9 Å². The maximum absolute atomic E-state index is 12.2. The number of hydrogen-bond donors (Lipinski definition) is 2. The Morgan fingerprint density at radius 1 is 1.14 bits per heavy atom. The number of carbonyl (C=O) groups is 1. The minimum atomic E-state index is -4.69. The second-order valence-corrected chi connectivity index (χ2v) is 11.2. The molecule has 0 heterocycles. The molecule has 6 nitrogen and oxygen atoms in total. The minimum Gasteiger partial charge on any atom is -0.364 e. The lowest BCUT2D eigenvalue weighted by atomic mass is 9.44. The summed E-state index contributed by atoms with van der Waals surface area (Å²) in [5.41, 5.74) is 1.03. The van der Waals surface area contributed by atoms with E-state index in [2.05, 4.69) is 24.1 Å². The van der Waals surface area contributed by atoms with Gasteiger partial charge in [0.2, 0.25) is 0 Å². The number of ketones is 1. The lowest BCUT2D eigenvalue weighted by Crippen LogP contribution is -2.56. The number of fused-ring (bicyclic) bond motifs is 5. The Balaban J connectivity index is 1.56. The number of rotatable bonds is 3. The zero-order chi connectivity index (χ0) is 20.5. The van der Waals surface area contributed by atoms with Crippen molar-refractivity contribution in [1.82, 2.24) is 0 Å². The molecule has 4 aliphatic rings. The molecule has 0 aliphatic heterocycles. The van der Waals surface area contributed by atoms with Crippen molar-refractivity contribution in [3.63, 3.8) is 0 Å². The largest absolute Gasteiger partial charge is 0.400 e. The Bertz CT molecular complexity index is 819. The van der Waals surface area contributed by atoms with Crippen LogP contribution in [0.5, 0.6) is 0 Å². The molecule has 0 aromatic carbocycles. The minimum absolute atomic E-state index is 0.0142. The summed E-state index contributed by atoms with van der Waals surface area (Å²) in [5.74, 6) is 0.136. The van der Waals surface area contributed by atoms with E-state index in [1.54, 1.807) is 6.92 Å². The highest BCUT2D eigenvalue weighted by atomic mass is 32.3. The molecule has 3 fully saturated rings. The zero-order valence-corrected chi connectivity index (χ0v) is 17.8. The SMILES string of the molecule is CC(=O)C1=CCC2[C@H]3CC[C@H]4C[C@](O)(OS(=O)(=O)O)CC[C@]4(C)[C@@H]3CC[C@]12C. The van der Waals surface area contributed by atoms with E-state index in [9.17, 15) is 18.3 Å². The zero-order valence-electron chi connectivity index (χ0n) is 17.0. The standard InChI is InChI=1S/C21H32O6S/c1-13(22)16-6-7-17-15-5-4-14-12-21(23,27-28(24,25)26)11-10-19(14,2)18(15)8-9-20(16,17)3/h6,14-15,17-18,23H,4-5,7-12H2,1-3H3,(H,24,25,26)/t14-,15+,17?,18+,19-,20+,21+/m0/s1. The number of Topliss-reactive ketones (excluding diaryl/α,β-unsaturated/α-hetero) is 1. The molecule has 7 heteroatoms. The smallest absolute Gasteiger partial charge is 0.364 e. The Kier molecular flexibility index (Phi) is 4.66. The van der Waals surface area contributed by atoms with Crippen LogP contribution in [0.15, 0.2) is 11.6 Å². The summed E-state index contributed by atoms with van der Waals surface area (Å²) in [6.07, 6.45) is 8.30. The Morgan fingerprint density at radius 2 is 1.86 bits per heavy atom. The van der Waals surface area contributed by atoms with E-state index in [0.29, 0.717) is 24.2 Å². The van der Waals surface area contributed by atoms with Crippen LogP contribution >= 0.6 is 0 Å². The van der Waals surface area contributed by atoms with Gasteiger partial charge in [-0.05, 0) is 85.5 Å². The van der Waals surface area contributed by atoms with Gasteiger partial charge in [0.1, 0.15) is 0 Å². The Morgan fingerprint density at radius 3 is 2.50 bits per heavy atom. The van der Waals surface area contributed by atoms with Crippen molar-refractivity contribution in [2.45, 2.75) is 77.9 Å². The van der Waals surface area contributed by atoms with Gasteiger partial charge in [0.05, 0.1) is 0 Å². The van der Waals surface area contributed by atoms with E-state index >= 15 is 0 Å². The third-order valence-corrected chi connectivity index (χ3v) is 9.43. The van der Waals surface area contributed by atoms with Gasteiger partial charge in [-0.3, -0.25) is 9.35 Å². The van der Waals surface area contributed by atoms with E-state index in [0.717, 1.165) is 37.7 Å². The molecule has 0 bridgehead atoms. The Hall–Kier alpha value is -0.760. The summed E-state index contributed by atoms with van der Waals surface area (Å²) in [5, 5.41) is 10.6. The number of hydrogen-bond acceptors (Lipinski definition) is 5. The van der Waals surface area contributed by atoms with Crippen LogP contribution in [0.2, 0.25) is 0 Å². The molecule has 0 saturated heterocycles. The number of carbonyl (C=O) groups excluding carboxylic acids is 1. The van der Waals surface area contributed by atoms with Crippen molar-refractivity contribution in [3.8, 4) is 0 Å². The van der Waals surface area contributed by atoms with Crippen LogP contribution in [0.4, 0.5) is 0 Å². The van der Waals surface area contributed by atoms with E-state index in [-0.39, 0.29) is 35.4 Å². The fourth-order valence-electron chi connectivity index (χ4n) is 7.60. The van der Waals surface area contributed by atoms with Crippen LogP contribution in [0.25, 0.3) is 0 Å². The van der Waals surface area contributed by atoms with Crippen molar-refractivity contribution in [2.75, 3.05) is 0 Å². The third-order valence-electron chi connectivity index (χ3n) is 8.91. The molecule has 1 unspecified atom stereocenters. The van der Waals surface area contributed by atoms with Crippen LogP contribution in [0.1, 0.15) is 72.1 Å². The van der Waals surface area contributed by atoms with Gasteiger partial charge < -0.3 is 5.11 Å². The van der Waals surface area contributed by atoms with Gasteiger partial charge in [-0.15, -0.1) is 0 Å². The van der Waals surface area contributed by atoms with Gasteiger partial charge in [-0.2, -0.15) is 8.42 Å². The average Bonchev–Trinajstić information content (AvgIpc) is 2.91. The molecule has 0 radical (unpaired) electrons. The predicted molar refractivity (Wildman–Crippen MR) is 103 cm³/mol. The normalized spacial score (nSPS) is 48.2. The van der Waals surface area contributed by atoms with Crippen LogP contribution in [-0.4, -0.2) is 29.6 Å². The molecule has 158 valence electrons. The number of allylic oxidation sites excluding steroid dienone is 2. The quantitative estimate of drug-likeness (QED) is 0.542. The van der Waals surface area contributed by atoms with Gasteiger partial charge >= 0.3 is 10.4 Å². The molecule has 0 aromatic rings. The molecule has 0 spiro atoms. The van der Waals surface area contributed by atoms with Gasteiger partial charge in [0, 0.05) is 12.8 Å². The lowest BCUT2D eigenvalue weighted by molar-refractivity contribution is -0.217. The maximum atomic E-state index is 12.2. The molecule has 4 aliphatic carbocycles. The topological polar surface area (TPSA) is 101 Å². The van der Waals surface area contributed by atoms with Gasteiger partial charge in [0.15, 0.2) is 11.6 Å². The third kappa shape index (κ3) is 3.09. The molecular weight excluding hydrogens is 380 g/mol. The lowest BCUT2D eigenvalue weighted by Gasteiger charge is -2.61. The van der Waals surface area contributed by atoms with Crippen molar-refractivity contribution in [1.29, 1.82) is 0 Å². The first-order chi connectivity index (χ1) is 12.9. The highest BCUT2D eigenvalue weighted by molar-refractivity contribution is 7.80. The fourth-order valence-corrected chi connectivity index (χ4v) is 8.14. The van der Waals surface area contributed by atoms with E-state index < -0.39 is 16.2 Å². The van der Waals surface area contributed by atoms with E-state index in [1.807, 2.05) is 0 Å². The second kappa shape index (κ2) is 6.37. The molecule has 28 heavy (non-hydrogen) atoms. The van der Waals surface area contributed by atoms with Crippen molar-refractivity contribution >= 4 is 16.2 Å². The van der Waals surface area contributed by atoms with Crippen LogP contribution in [-0.2, 0) is 19.4 Å². The highest BCUT2D eigenvalue weighted by Gasteiger charge is 2.60. The molecule has 0 aromatic heterocycles. The van der Waals surface area contributed by atoms with Crippen molar-refractivity contribution in [3.05, 3.63) is 11.6 Å². The van der Waals surface area contributed by atoms with E-state index in [1.165, 1.54) is 0 Å². The number of aliphatic hydroxyl groups is 1. The molecular formula is C21H32O6S. The van der Waals surface area contributed by atoms with Crippen LogP contribution in [0, 0.1) is 34.5 Å². The van der Waals surface area contributed by atoms with Crippen LogP contribution in [0.3, 0.4) is 0 Å². The molecule has 4 rings (SSSR count). The van der Waals surface area contributed by atoms with E-state index in [4.69, 9.17) is 4.55 Å². The second-order valence-electron chi connectivity index (χ2n) is 10.2. The summed E-state index contributed by atoms with van der Waals surface area (Å²) in [6.45, 7) is 6.24. The van der Waals surface area contributed by atoms with Crippen molar-refractivity contribution in [2.24, 2.45) is 34.5 Å². The summed E-state index contributed by atoms with van der Waals surface area (Å²) in [7, 11) is -4.69. The van der Waals surface area contributed by atoms with Gasteiger partial charge in [-0.25, -0.2) is 4.18 Å². The first kappa shape index (κ1) is 20.5. The fraction of sp³-hybridized carbons (Fsp3) is 0.857. The average molecular weight is 413 g/mol.